The van der Waals surface area contributed by atoms with Crippen molar-refractivity contribution in [2.24, 2.45) is 11.7 Å². The van der Waals surface area contributed by atoms with Crippen LogP contribution in [0, 0.1) is 25.6 Å². The first-order valence-corrected chi connectivity index (χ1v) is 13.2. The topological polar surface area (TPSA) is 85.4 Å². The Labute approximate surface area is 228 Å². The fourth-order valence-corrected chi connectivity index (χ4v) is 5.09. The average Bonchev–Trinajstić information content (AvgIpc) is 3.27. The normalized spacial score (nSPS) is 12.9. The molecule has 2 heterocycles. The summed E-state index contributed by atoms with van der Waals surface area (Å²) in [5, 5.41) is 7.76. The number of aryl methyl sites for hydroxylation is 2. The molecule has 0 saturated carbocycles. The van der Waals surface area contributed by atoms with Gasteiger partial charge in [0.15, 0.2) is 0 Å². The van der Waals surface area contributed by atoms with Gasteiger partial charge in [0.05, 0.1) is 18.0 Å². The number of aromatic nitrogens is 2. The van der Waals surface area contributed by atoms with E-state index in [0.717, 1.165) is 63.7 Å². The number of rotatable bonds is 7. The number of carbonyl (C=O) groups is 1. The van der Waals surface area contributed by atoms with Gasteiger partial charge in [-0.1, -0.05) is 44.2 Å². The van der Waals surface area contributed by atoms with Gasteiger partial charge in [-0.05, 0) is 61.2 Å². The first-order valence-electron chi connectivity index (χ1n) is 13.2. The predicted molar refractivity (Wildman–Crippen MR) is 153 cm³/mol. The summed E-state index contributed by atoms with van der Waals surface area (Å²) in [5.74, 6) is 0.897. The Balaban J connectivity index is 1.66. The lowest BCUT2D eigenvalue weighted by molar-refractivity contribution is 0.259. The van der Waals surface area contributed by atoms with Crippen LogP contribution in [0.2, 0.25) is 0 Å². The van der Waals surface area contributed by atoms with Crippen molar-refractivity contribution in [2.45, 2.75) is 40.7 Å². The number of amides is 2. The molecule has 0 aliphatic carbocycles. The van der Waals surface area contributed by atoms with Crippen molar-refractivity contribution in [3.63, 3.8) is 0 Å². The zero-order valence-corrected chi connectivity index (χ0v) is 22.8. The van der Waals surface area contributed by atoms with E-state index in [4.69, 9.17) is 15.6 Å². The first kappa shape index (κ1) is 26.3. The van der Waals surface area contributed by atoms with Gasteiger partial charge in [0.2, 0.25) is 0 Å². The van der Waals surface area contributed by atoms with Gasteiger partial charge in [-0.15, -0.1) is 0 Å². The summed E-state index contributed by atoms with van der Waals surface area (Å²) in [6.07, 6.45) is 0.723. The van der Waals surface area contributed by atoms with Crippen LogP contribution < -0.4 is 20.7 Å². The number of hydrogen-bond donors (Lipinski definition) is 2. The molecule has 3 aromatic carbocycles. The van der Waals surface area contributed by atoms with Crippen molar-refractivity contribution in [3.05, 3.63) is 88.9 Å². The van der Waals surface area contributed by atoms with Crippen molar-refractivity contribution in [2.75, 3.05) is 23.4 Å². The quantitative estimate of drug-likeness (QED) is 0.292. The van der Waals surface area contributed by atoms with E-state index >= 15 is 0 Å². The minimum atomic E-state index is -0.613. The lowest BCUT2D eigenvalue weighted by atomic mass is 9.99. The highest BCUT2D eigenvalue weighted by Gasteiger charge is 2.28. The van der Waals surface area contributed by atoms with Gasteiger partial charge in [0.1, 0.15) is 17.3 Å². The number of urea groups is 1. The Morgan fingerprint density at radius 2 is 1.87 bits per heavy atom. The number of anilines is 2. The van der Waals surface area contributed by atoms with Crippen LogP contribution in [0.15, 0.2) is 60.7 Å². The van der Waals surface area contributed by atoms with Crippen LogP contribution in [0.4, 0.5) is 20.6 Å². The molecule has 0 saturated heterocycles. The maximum Gasteiger partial charge on any atom is 0.316 e. The molecule has 3 N–H and O–H groups in total. The number of halogens is 1. The van der Waals surface area contributed by atoms with E-state index in [0.29, 0.717) is 24.8 Å². The van der Waals surface area contributed by atoms with E-state index in [1.807, 2.05) is 54.1 Å². The van der Waals surface area contributed by atoms with Gasteiger partial charge in [0, 0.05) is 42.0 Å². The van der Waals surface area contributed by atoms with Gasteiger partial charge < -0.3 is 20.7 Å². The van der Waals surface area contributed by atoms with E-state index in [2.05, 4.69) is 37.1 Å². The molecule has 39 heavy (non-hydrogen) atoms. The van der Waals surface area contributed by atoms with Gasteiger partial charge in [0.25, 0.3) is 0 Å². The van der Waals surface area contributed by atoms with Gasteiger partial charge >= 0.3 is 6.03 Å². The number of para-hydroxylation sites is 1. The maximum atomic E-state index is 14.2. The zero-order valence-electron chi connectivity index (χ0n) is 22.8. The van der Waals surface area contributed by atoms with Crippen molar-refractivity contribution in [3.8, 4) is 22.7 Å². The van der Waals surface area contributed by atoms with Crippen LogP contribution in [0.5, 0.6) is 5.75 Å². The number of nitrogens with two attached hydrogens (primary N) is 1. The monoisotopic (exact) mass is 527 g/mol. The Bertz CT molecular complexity index is 1510. The van der Waals surface area contributed by atoms with Crippen LogP contribution in [0.25, 0.3) is 16.9 Å². The fourth-order valence-electron chi connectivity index (χ4n) is 5.09. The van der Waals surface area contributed by atoms with Crippen LogP contribution >= 0.6 is 0 Å². The molecule has 4 aromatic rings. The molecular formula is C31H34FN5O2. The van der Waals surface area contributed by atoms with Crippen molar-refractivity contribution in [1.82, 2.24) is 9.78 Å². The lowest BCUT2D eigenvalue weighted by Gasteiger charge is -2.30. The molecule has 5 rings (SSSR count). The van der Waals surface area contributed by atoms with Crippen LogP contribution in [0.3, 0.4) is 0 Å². The summed E-state index contributed by atoms with van der Waals surface area (Å²) in [4.78, 5) is 13.6. The molecule has 1 aliphatic heterocycles. The molecule has 0 spiro atoms. The lowest BCUT2D eigenvalue weighted by Crippen LogP contribution is -2.30. The number of nitrogens with one attached hydrogen (secondary N) is 1. The smallest absolute Gasteiger partial charge is 0.316 e. The molecule has 0 radical (unpaired) electrons. The molecule has 0 unspecified atom stereocenters. The molecule has 1 aromatic heterocycles. The summed E-state index contributed by atoms with van der Waals surface area (Å²) >= 11 is 0. The predicted octanol–water partition coefficient (Wildman–Crippen LogP) is 6.38. The number of carbonyl (C=O) groups excluding carboxylic acids is 1. The molecular weight excluding hydrogens is 493 g/mol. The zero-order chi connectivity index (χ0) is 27.7. The summed E-state index contributed by atoms with van der Waals surface area (Å²) in [6, 6.07) is 17.9. The number of nitrogens with zero attached hydrogens (tertiary/aromatic N) is 3. The van der Waals surface area contributed by atoms with E-state index in [1.54, 1.807) is 6.07 Å². The van der Waals surface area contributed by atoms with Gasteiger partial charge in [-0.25, -0.2) is 13.9 Å². The number of hydrogen-bond acceptors (Lipinski definition) is 4. The third-order valence-corrected chi connectivity index (χ3v) is 6.96. The van der Waals surface area contributed by atoms with E-state index in [1.165, 1.54) is 6.07 Å². The van der Waals surface area contributed by atoms with Crippen LogP contribution in [-0.2, 0) is 13.0 Å². The molecule has 1 aliphatic rings. The summed E-state index contributed by atoms with van der Waals surface area (Å²) < 4.78 is 22.5. The molecule has 202 valence electrons. The SMILES string of the molecule is Cc1ccc(F)cc1N1CCc2nn(-c3c(C)cccc3OCC(C)C)c(-c3ccc(NC(N)=O)cc3)c2C1. The van der Waals surface area contributed by atoms with Crippen LogP contribution in [0.1, 0.15) is 36.2 Å². The fraction of sp³-hybridized carbons (Fsp3) is 0.290. The summed E-state index contributed by atoms with van der Waals surface area (Å²) in [6.45, 7) is 10.2. The minimum absolute atomic E-state index is 0.248. The number of ether oxygens (including phenoxy) is 1. The van der Waals surface area contributed by atoms with Crippen molar-refractivity contribution < 1.29 is 13.9 Å². The molecule has 7 nitrogen and oxygen atoms in total. The second-order valence-corrected chi connectivity index (χ2v) is 10.5. The maximum absolute atomic E-state index is 14.2. The number of primary amides is 1. The largest absolute Gasteiger partial charge is 0.491 e. The van der Waals surface area contributed by atoms with E-state index < -0.39 is 6.03 Å². The highest BCUT2D eigenvalue weighted by atomic mass is 19.1. The standard InChI is InChI=1S/C31H34FN5O2/c1-19(2)18-39-28-7-5-6-21(4)29(28)37-30(22-9-12-24(13-10-22)34-31(33)38)25-17-36(15-14-26(25)35-37)27-16-23(32)11-8-20(27)3/h5-13,16,19H,14-15,17-18H2,1-4H3,(H3,33,34,38). The number of fused-ring (bicyclic) bond motifs is 1. The van der Waals surface area contributed by atoms with Gasteiger partial charge in [-0.3, -0.25) is 0 Å². The third kappa shape index (κ3) is 5.46. The summed E-state index contributed by atoms with van der Waals surface area (Å²) in [7, 11) is 0. The molecule has 0 fully saturated rings. The first-order chi connectivity index (χ1) is 18.7. The Morgan fingerprint density at radius 3 is 2.59 bits per heavy atom. The Hall–Kier alpha value is -4.33. The second-order valence-electron chi connectivity index (χ2n) is 10.5. The average molecular weight is 528 g/mol. The second kappa shape index (κ2) is 10.8. The van der Waals surface area contributed by atoms with Crippen molar-refractivity contribution in [1.29, 1.82) is 0 Å². The van der Waals surface area contributed by atoms with Gasteiger partial charge in [-0.2, -0.15) is 5.10 Å². The molecule has 0 atom stereocenters. The van der Waals surface area contributed by atoms with Crippen molar-refractivity contribution >= 4 is 17.4 Å². The molecule has 2 amide bonds. The summed E-state index contributed by atoms with van der Waals surface area (Å²) in [5.41, 5.74) is 13.8. The molecule has 8 heteroatoms. The number of benzene rings is 3. The Morgan fingerprint density at radius 1 is 1.10 bits per heavy atom. The highest BCUT2D eigenvalue weighted by Crippen LogP contribution is 2.38. The highest BCUT2D eigenvalue weighted by molar-refractivity contribution is 5.88. The third-order valence-electron chi connectivity index (χ3n) is 6.96. The Kier molecular flexibility index (Phi) is 7.28. The molecule has 0 bridgehead atoms. The van der Waals surface area contributed by atoms with E-state index in [-0.39, 0.29) is 5.82 Å². The minimum Gasteiger partial charge on any atom is -0.491 e. The van der Waals surface area contributed by atoms with E-state index in [9.17, 15) is 9.18 Å². The van der Waals surface area contributed by atoms with Crippen LogP contribution in [-0.4, -0.2) is 29.0 Å².